The Morgan fingerprint density at radius 3 is 2.41 bits per heavy atom. The number of carbonyl (C=O) groups excluding carboxylic acids is 1. The third-order valence-electron chi connectivity index (χ3n) is 14.9. The van der Waals surface area contributed by atoms with Crippen LogP contribution in [-0.2, 0) is 26.5 Å². The van der Waals surface area contributed by atoms with Crippen molar-refractivity contribution in [3.8, 4) is 5.69 Å². The summed E-state index contributed by atoms with van der Waals surface area (Å²) in [5.74, 6) is -1.49. The SMILES string of the molecule is Cc1cc(N=C(C2=C(N)CCN(C(=O)c3cc4cc([C@H]5CCOC(C)(C)C5)ccc4n3[C@@]3(c4noc(=O)[nH]4)C[C@@H]3C)[C@H]2C)n2ccn(-c3ccc4c(c3F)CN=S4(=O)C3CC3)c2=O)cc(C)c1F. The summed E-state index contributed by atoms with van der Waals surface area (Å²) in [6.07, 6.45) is 6.93. The highest BCUT2D eigenvalue weighted by atomic mass is 32.2. The van der Waals surface area contributed by atoms with Crippen LogP contribution in [0, 0.1) is 31.4 Å². The number of hydrogen-bond acceptors (Lipinski definition) is 10. The minimum atomic E-state index is -2.74. The highest BCUT2D eigenvalue weighted by molar-refractivity contribution is 7.94. The highest BCUT2D eigenvalue weighted by Crippen LogP contribution is 2.56. The maximum Gasteiger partial charge on any atom is 0.438 e. The first-order chi connectivity index (χ1) is 32.4. The van der Waals surface area contributed by atoms with E-state index in [9.17, 15) is 13.8 Å². The minimum absolute atomic E-state index is 0.0317. The first-order valence-electron chi connectivity index (χ1n) is 23.3. The second-order valence-corrected chi connectivity index (χ2v) is 22.4. The number of aliphatic imine (C=N–C) groups is 1. The third kappa shape index (κ3) is 6.87. The van der Waals surface area contributed by atoms with Crippen molar-refractivity contribution in [2.45, 2.75) is 120 Å². The van der Waals surface area contributed by atoms with Crippen LogP contribution in [0.2, 0.25) is 0 Å². The normalized spacial score (nSPS) is 25.8. The van der Waals surface area contributed by atoms with E-state index in [1.54, 1.807) is 36.9 Å². The fraction of sp³-hybridized carbons (Fsp3) is 0.420. The van der Waals surface area contributed by atoms with Crippen molar-refractivity contribution in [1.29, 1.82) is 0 Å². The quantitative estimate of drug-likeness (QED) is 0.114. The van der Waals surface area contributed by atoms with Crippen molar-refractivity contribution in [1.82, 2.24) is 28.7 Å². The summed E-state index contributed by atoms with van der Waals surface area (Å²) in [5.41, 5.74) is 9.32. The summed E-state index contributed by atoms with van der Waals surface area (Å²) in [6, 6.07) is 13.6. The number of nitrogens with two attached hydrogens (primary N) is 1. The summed E-state index contributed by atoms with van der Waals surface area (Å²) in [7, 11) is -2.74. The number of fused-ring (bicyclic) bond motifs is 2. The van der Waals surface area contributed by atoms with Gasteiger partial charge in [-0.3, -0.25) is 23.4 Å². The first-order valence-corrected chi connectivity index (χ1v) is 24.8. The molecule has 3 fully saturated rings. The van der Waals surface area contributed by atoms with Crippen molar-refractivity contribution in [3.63, 3.8) is 0 Å². The number of aryl methyl sites for hydroxylation is 2. The number of nitrogens with one attached hydrogen (secondary N) is 1. The van der Waals surface area contributed by atoms with E-state index in [1.807, 2.05) is 30.5 Å². The minimum Gasteiger partial charge on any atom is -0.402 e. The summed E-state index contributed by atoms with van der Waals surface area (Å²) in [4.78, 5) is 52.6. The number of nitrogens with zero attached hydrogens (tertiary/aromatic N) is 7. The van der Waals surface area contributed by atoms with Crippen molar-refractivity contribution >= 4 is 38.1 Å². The van der Waals surface area contributed by atoms with E-state index in [1.165, 1.54) is 23.0 Å². The molecule has 11 rings (SSSR count). The van der Waals surface area contributed by atoms with Gasteiger partial charge in [0, 0.05) is 65.0 Å². The van der Waals surface area contributed by atoms with Gasteiger partial charge in [-0.1, -0.05) is 18.1 Å². The average Bonchev–Trinajstić information content (AvgIpc) is 4.05. The Morgan fingerprint density at radius 2 is 1.74 bits per heavy atom. The highest BCUT2D eigenvalue weighted by Gasteiger charge is 2.59. The van der Waals surface area contributed by atoms with Gasteiger partial charge < -0.3 is 19.9 Å². The second-order valence-electron chi connectivity index (χ2n) is 19.9. The monoisotopic (exact) mass is 945 g/mol. The van der Waals surface area contributed by atoms with E-state index in [2.05, 4.69) is 40.5 Å². The van der Waals surface area contributed by atoms with Gasteiger partial charge in [-0.15, -0.1) is 0 Å². The van der Waals surface area contributed by atoms with Crippen LogP contribution in [0.5, 0.6) is 0 Å². The van der Waals surface area contributed by atoms with Crippen molar-refractivity contribution in [3.05, 3.63) is 139 Å². The van der Waals surface area contributed by atoms with Crippen LogP contribution in [0.3, 0.4) is 0 Å². The van der Waals surface area contributed by atoms with Gasteiger partial charge in [-0.25, -0.2) is 31.9 Å². The molecule has 1 amide bonds. The first kappa shape index (κ1) is 44.1. The summed E-state index contributed by atoms with van der Waals surface area (Å²) in [5, 5.41) is 4.91. The largest absolute Gasteiger partial charge is 0.438 e. The fourth-order valence-electron chi connectivity index (χ4n) is 11.1. The molecule has 15 nitrogen and oxygen atoms in total. The summed E-state index contributed by atoms with van der Waals surface area (Å²) < 4.78 is 65.2. The number of halogens is 2. The molecule has 354 valence electrons. The zero-order valence-corrected chi connectivity index (χ0v) is 39.6. The molecule has 3 aromatic heterocycles. The molecule has 3 aromatic carbocycles. The van der Waals surface area contributed by atoms with Gasteiger partial charge >= 0.3 is 11.4 Å². The number of carbonyl (C=O) groups is 1. The second kappa shape index (κ2) is 15.6. The van der Waals surface area contributed by atoms with Gasteiger partial charge in [0.2, 0.25) is 0 Å². The predicted molar refractivity (Wildman–Crippen MR) is 252 cm³/mol. The van der Waals surface area contributed by atoms with Gasteiger partial charge in [-0.05, 0) is 138 Å². The molecule has 5 aliphatic rings. The summed E-state index contributed by atoms with van der Waals surface area (Å²) in [6.45, 7) is 12.1. The van der Waals surface area contributed by atoms with E-state index in [0.717, 1.165) is 46.7 Å². The number of aromatic nitrogens is 5. The van der Waals surface area contributed by atoms with E-state index >= 15 is 13.6 Å². The van der Waals surface area contributed by atoms with Crippen LogP contribution in [0.1, 0.15) is 111 Å². The average molecular weight is 946 g/mol. The number of imidazole rings is 1. The molecule has 3 N–H and O–H groups in total. The van der Waals surface area contributed by atoms with Crippen LogP contribution in [0.15, 0.2) is 101 Å². The summed E-state index contributed by atoms with van der Waals surface area (Å²) >= 11 is 0. The number of H-pyrrole nitrogens is 1. The Labute approximate surface area is 390 Å². The number of benzene rings is 3. The molecule has 2 saturated carbocycles. The van der Waals surface area contributed by atoms with Gasteiger partial charge in [-0.2, -0.15) is 0 Å². The Bertz CT molecular complexity index is 3430. The maximum atomic E-state index is 16.5. The zero-order chi connectivity index (χ0) is 47.8. The molecule has 1 unspecified atom stereocenters. The van der Waals surface area contributed by atoms with Crippen molar-refractivity contribution in [2.24, 2.45) is 21.0 Å². The van der Waals surface area contributed by atoms with Crippen LogP contribution < -0.4 is 17.2 Å². The lowest BCUT2D eigenvalue weighted by Gasteiger charge is -2.37. The molecular weight excluding hydrogens is 893 g/mol. The topological polar surface area (TPSA) is 188 Å². The molecule has 5 atom stereocenters. The maximum absolute atomic E-state index is 16.5. The van der Waals surface area contributed by atoms with Gasteiger partial charge in [0.15, 0.2) is 11.6 Å². The molecule has 18 heteroatoms. The van der Waals surface area contributed by atoms with E-state index in [-0.39, 0.29) is 65.2 Å². The molecule has 0 spiro atoms. The predicted octanol–water partition coefficient (Wildman–Crippen LogP) is 7.85. The number of ether oxygens (including phenoxy) is 1. The Kier molecular flexibility index (Phi) is 10.1. The van der Waals surface area contributed by atoms with Crippen LogP contribution in [0.25, 0.3) is 16.6 Å². The lowest BCUT2D eigenvalue weighted by atomic mass is 9.83. The van der Waals surface area contributed by atoms with Gasteiger partial charge in [0.05, 0.1) is 44.2 Å². The van der Waals surface area contributed by atoms with Crippen molar-refractivity contribution in [2.75, 3.05) is 13.2 Å². The molecule has 2 aliphatic carbocycles. The third-order valence-corrected chi connectivity index (χ3v) is 17.8. The van der Waals surface area contributed by atoms with Gasteiger partial charge in [0.1, 0.15) is 22.9 Å². The fourth-order valence-corrected chi connectivity index (χ4v) is 13.7. The lowest BCUT2D eigenvalue weighted by molar-refractivity contribution is -0.0592. The van der Waals surface area contributed by atoms with Gasteiger partial charge in [0.25, 0.3) is 5.91 Å². The van der Waals surface area contributed by atoms with Crippen LogP contribution in [-0.4, -0.2) is 74.7 Å². The molecule has 6 heterocycles. The van der Waals surface area contributed by atoms with E-state index in [4.69, 9.17) is 20.0 Å². The molecule has 68 heavy (non-hydrogen) atoms. The lowest BCUT2D eigenvalue weighted by Crippen LogP contribution is -2.49. The zero-order valence-electron chi connectivity index (χ0n) is 38.8. The van der Waals surface area contributed by atoms with Crippen molar-refractivity contribution < 1.29 is 27.0 Å². The molecule has 6 aromatic rings. The Hall–Kier alpha value is -6.40. The molecule has 0 bridgehead atoms. The van der Waals surface area contributed by atoms with Crippen LogP contribution in [0.4, 0.5) is 14.5 Å². The number of rotatable bonds is 8. The standard InChI is InChI=1S/C50H53F2N9O6S/c1-26-19-33(20-27(2)42(26)51)55-44(60-17-16-59(48(60)64)38-11-12-40-35(43(38)52)25-54-68(40,65)34-8-9-34)41-29(4)58(15-13-36(41)53)45(62)39-22-32-21-30(31-14-18-66-49(5,6)24-31)7-10-37(32)61(39)50(23-28(50)3)46-56-47(63)67-57-46/h7,10-12,16-17,19-22,28-29,31,34H,8-9,13-15,18,23-25,53H2,1-6H3,(H,56,57,63)/t28-,29-,31-,50-,68?/m0/s1. The smallest absolute Gasteiger partial charge is 0.402 e. The Morgan fingerprint density at radius 1 is 0.985 bits per heavy atom. The van der Waals surface area contributed by atoms with E-state index in [0.29, 0.717) is 57.5 Å². The van der Waals surface area contributed by atoms with Crippen LogP contribution >= 0.6 is 0 Å². The molecule has 0 radical (unpaired) electrons. The molecule has 1 saturated heterocycles. The Balaban J connectivity index is 1.02. The molecular formula is C50H53F2N9O6S. The molecule has 3 aliphatic heterocycles. The number of aromatic amines is 1. The number of amides is 1. The number of hydrogen-bond donors (Lipinski definition) is 2. The van der Waals surface area contributed by atoms with E-state index < -0.39 is 44.4 Å².